The number of hydrogen-bond acceptors (Lipinski definition) is 5. The van der Waals surface area contributed by atoms with Crippen molar-refractivity contribution in [1.29, 1.82) is 0 Å². The number of aliphatic carboxylic acids is 1. The summed E-state index contributed by atoms with van der Waals surface area (Å²) in [6.07, 6.45) is 2.28. The minimum absolute atomic E-state index is 0.0637. The largest absolute Gasteiger partial charge is 0.508 e. The fourth-order valence-electron chi connectivity index (χ4n) is 1.78. The summed E-state index contributed by atoms with van der Waals surface area (Å²) in [6.45, 7) is 2.36. The summed E-state index contributed by atoms with van der Waals surface area (Å²) in [5.41, 5.74) is 1.27. The molecule has 0 heterocycles. The molecule has 2 aromatic rings. The fourth-order valence-corrected chi connectivity index (χ4v) is 1.78. The van der Waals surface area contributed by atoms with Gasteiger partial charge < -0.3 is 19.7 Å². The molecule has 0 radical (unpaired) electrons. The second kappa shape index (κ2) is 11.3. The lowest BCUT2D eigenvalue weighted by atomic mass is 10.2. The standard InChI is InChI=1S/C10H10O3.C10H12O3/c1-13-9(10(11)12)7-8-5-3-2-4-6-8;1-2-7-13-10(12)8-3-5-9(11)6-4-8/h2-7H,1H3,(H,11,12);3-6,11H,2,7H2,1H3. The Labute approximate surface area is 152 Å². The van der Waals surface area contributed by atoms with Crippen molar-refractivity contribution in [3.05, 3.63) is 71.5 Å². The molecule has 2 rings (SSSR count). The molecule has 0 aliphatic carbocycles. The zero-order valence-corrected chi connectivity index (χ0v) is 14.7. The number of methoxy groups -OCH3 is 1. The molecule has 0 aliphatic heterocycles. The second-order valence-electron chi connectivity index (χ2n) is 5.11. The normalized spacial score (nSPS) is 10.3. The van der Waals surface area contributed by atoms with Gasteiger partial charge in [0, 0.05) is 0 Å². The zero-order valence-electron chi connectivity index (χ0n) is 14.7. The maximum atomic E-state index is 11.2. The Morgan fingerprint density at radius 3 is 2.15 bits per heavy atom. The molecular weight excluding hydrogens is 336 g/mol. The molecule has 0 saturated carbocycles. The van der Waals surface area contributed by atoms with Crippen LogP contribution in [-0.4, -0.2) is 35.9 Å². The number of phenols is 1. The van der Waals surface area contributed by atoms with Crippen LogP contribution in [0.4, 0.5) is 0 Å². The van der Waals surface area contributed by atoms with Crippen molar-refractivity contribution < 1.29 is 29.3 Å². The average Bonchev–Trinajstić information content (AvgIpc) is 2.66. The molecule has 0 atom stereocenters. The summed E-state index contributed by atoms with van der Waals surface area (Å²) in [6, 6.07) is 15.1. The van der Waals surface area contributed by atoms with Gasteiger partial charge in [-0.3, -0.25) is 0 Å². The Bertz CT molecular complexity index is 720. The maximum Gasteiger partial charge on any atom is 0.371 e. The number of esters is 1. The Kier molecular flexibility index (Phi) is 9.03. The Morgan fingerprint density at radius 1 is 1.04 bits per heavy atom. The first-order valence-corrected chi connectivity index (χ1v) is 7.98. The van der Waals surface area contributed by atoms with E-state index in [1.807, 2.05) is 37.3 Å². The van der Waals surface area contributed by atoms with Crippen LogP contribution in [0.1, 0.15) is 29.3 Å². The number of aromatic hydroxyl groups is 1. The van der Waals surface area contributed by atoms with Crippen molar-refractivity contribution in [2.24, 2.45) is 0 Å². The lowest BCUT2D eigenvalue weighted by Gasteiger charge is -2.02. The average molecular weight is 358 g/mol. The van der Waals surface area contributed by atoms with Gasteiger partial charge in [0.2, 0.25) is 5.76 Å². The monoisotopic (exact) mass is 358 g/mol. The number of ether oxygens (including phenoxy) is 2. The highest BCUT2D eigenvalue weighted by atomic mass is 16.5. The molecule has 0 aliphatic rings. The zero-order chi connectivity index (χ0) is 19.4. The van der Waals surface area contributed by atoms with Crippen LogP contribution in [0.2, 0.25) is 0 Å². The number of hydrogen-bond donors (Lipinski definition) is 2. The molecule has 6 heteroatoms. The van der Waals surface area contributed by atoms with E-state index in [0.717, 1.165) is 12.0 Å². The first-order chi connectivity index (χ1) is 12.5. The Hall–Kier alpha value is -3.28. The lowest BCUT2D eigenvalue weighted by molar-refractivity contribution is -0.135. The molecule has 0 fully saturated rings. The number of rotatable bonds is 6. The lowest BCUT2D eigenvalue weighted by Crippen LogP contribution is -2.05. The number of carboxylic acids is 1. The highest BCUT2D eigenvalue weighted by Crippen LogP contribution is 2.10. The van der Waals surface area contributed by atoms with Crippen LogP contribution in [0.25, 0.3) is 6.08 Å². The van der Waals surface area contributed by atoms with Crippen LogP contribution in [0.5, 0.6) is 5.75 Å². The minimum atomic E-state index is -1.06. The fraction of sp³-hybridized carbons (Fsp3) is 0.200. The van der Waals surface area contributed by atoms with Crippen LogP contribution in [0.15, 0.2) is 60.4 Å². The molecule has 0 aromatic heterocycles. The summed E-state index contributed by atoms with van der Waals surface area (Å²) < 4.78 is 9.57. The number of carbonyl (C=O) groups excluding carboxylic acids is 1. The van der Waals surface area contributed by atoms with Crippen LogP contribution >= 0.6 is 0 Å². The molecule has 0 unspecified atom stereocenters. The van der Waals surface area contributed by atoms with E-state index < -0.39 is 5.97 Å². The number of carboxylic acid groups (broad SMARTS) is 1. The summed E-state index contributed by atoms with van der Waals surface area (Å²) in [5.74, 6) is -1.33. The van der Waals surface area contributed by atoms with E-state index in [2.05, 4.69) is 4.74 Å². The van der Waals surface area contributed by atoms with Gasteiger partial charge in [0.05, 0.1) is 19.3 Å². The van der Waals surface area contributed by atoms with Gasteiger partial charge in [-0.1, -0.05) is 37.3 Å². The van der Waals surface area contributed by atoms with E-state index in [1.54, 1.807) is 0 Å². The SMILES string of the molecule is CCCOC(=O)c1ccc(O)cc1.COC(=Cc1ccccc1)C(=O)O. The molecule has 2 N–H and O–H groups in total. The highest BCUT2D eigenvalue weighted by molar-refractivity contribution is 5.90. The van der Waals surface area contributed by atoms with Crippen molar-refractivity contribution >= 4 is 18.0 Å². The minimum Gasteiger partial charge on any atom is -0.508 e. The molecule has 0 amide bonds. The van der Waals surface area contributed by atoms with Gasteiger partial charge in [0.25, 0.3) is 0 Å². The third-order valence-electron chi connectivity index (χ3n) is 3.07. The molecule has 0 saturated heterocycles. The van der Waals surface area contributed by atoms with Crippen molar-refractivity contribution in [3.63, 3.8) is 0 Å². The van der Waals surface area contributed by atoms with E-state index >= 15 is 0 Å². The number of benzene rings is 2. The summed E-state index contributed by atoms with van der Waals surface area (Å²) >= 11 is 0. The number of carbonyl (C=O) groups is 2. The predicted octanol–water partition coefficient (Wildman–Crippen LogP) is 3.72. The Balaban J connectivity index is 0.000000260. The van der Waals surface area contributed by atoms with Gasteiger partial charge in [0.15, 0.2) is 0 Å². The third-order valence-corrected chi connectivity index (χ3v) is 3.07. The van der Waals surface area contributed by atoms with Crippen molar-refractivity contribution in [2.45, 2.75) is 13.3 Å². The van der Waals surface area contributed by atoms with Gasteiger partial charge in [-0.25, -0.2) is 9.59 Å². The van der Waals surface area contributed by atoms with E-state index in [9.17, 15) is 9.59 Å². The van der Waals surface area contributed by atoms with E-state index in [1.165, 1.54) is 37.5 Å². The highest BCUT2D eigenvalue weighted by Gasteiger charge is 2.06. The summed E-state index contributed by atoms with van der Waals surface area (Å²) in [4.78, 5) is 21.8. The van der Waals surface area contributed by atoms with Crippen molar-refractivity contribution in [1.82, 2.24) is 0 Å². The van der Waals surface area contributed by atoms with Gasteiger partial charge >= 0.3 is 11.9 Å². The molecule has 138 valence electrons. The molecule has 0 spiro atoms. The topological polar surface area (TPSA) is 93.1 Å². The van der Waals surface area contributed by atoms with Gasteiger partial charge in [-0.05, 0) is 42.3 Å². The van der Waals surface area contributed by atoms with Crippen molar-refractivity contribution in [3.8, 4) is 5.75 Å². The van der Waals surface area contributed by atoms with Crippen LogP contribution < -0.4 is 0 Å². The van der Waals surface area contributed by atoms with Gasteiger partial charge in [-0.2, -0.15) is 0 Å². The van der Waals surface area contributed by atoms with E-state index in [-0.39, 0.29) is 17.5 Å². The number of phenolic OH excluding ortho intramolecular Hbond substituents is 1. The first-order valence-electron chi connectivity index (χ1n) is 7.98. The van der Waals surface area contributed by atoms with E-state index in [0.29, 0.717) is 12.2 Å². The van der Waals surface area contributed by atoms with Crippen LogP contribution in [0.3, 0.4) is 0 Å². The summed E-state index contributed by atoms with van der Waals surface area (Å²) in [7, 11) is 1.34. The first kappa shape index (κ1) is 20.8. The van der Waals surface area contributed by atoms with Crippen molar-refractivity contribution in [2.75, 3.05) is 13.7 Å². The molecule has 2 aromatic carbocycles. The van der Waals surface area contributed by atoms with Gasteiger partial charge in [-0.15, -0.1) is 0 Å². The molecular formula is C20H22O6. The quantitative estimate of drug-likeness (QED) is 0.464. The maximum absolute atomic E-state index is 11.2. The van der Waals surface area contributed by atoms with Gasteiger partial charge in [0.1, 0.15) is 5.75 Å². The second-order valence-corrected chi connectivity index (χ2v) is 5.11. The van der Waals surface area contributed by atoms with Crippen LogP contribution in [-0.2, 0) is 14.3 Å². The van der Waals surface area contributed by atoms with E-state index in [4.69, 9.17) is 14.9 Å². The predicted molar refractivity (Wildman–Crippen MR) is 97.7 cm³/mol. The Morgan fingerprint density at radius 2 is 1.65 bits per heavy atom. The molecule has 0 bridgehead atoms. The third kappa shape index (κ3) is 7.53. The molecule has 6 nitrogen and oxygen atoms in total. The summed E-state index contributed by atoms with van der Waals surface area (Å²) in [5, 5.41) is 17.6. The van der Waals surface area contributed by atoms with Crippen LogP contribution in [0, 0.1) is 0 Å². The smallest absolute Gasteiger partial charge is 0.371 e. The molecule has 26 heavy (non-hydrogen) atoms.